The largest absolute Gasteiger partial charge is 0.370 e. The summed E-state index contributed by atoms with van der Waals surface area (Å²) in [5.41, 5.74) is 3.04. The summed E-state index contributed by atoms with van der Waals surface area (Å²) in [5.74, 6) is 1.61. The summed E-state index contributed by atoms with van der Waals surface area (Å²) in [6.07, 6.45) is 5.77. The second kappa shape index (κ2) is 5.31. The van der Waals surface area contributed by atoms with Gasteiger partial charge in [0.1, 0.15) is 0 Å². The highest BCUT2D eigenvalue weighted by Gasteiger charge is 2.29. The van der Waals surface area contributed by atoms with Crippen LogP contribution in [0.2, 0.25) is 0 Å². The van der Waals surface area contributed by atoms with E-state index in [0.29, 0.717) is 5.92 Å². The van der Waals surface area contributed by atoms with E-state index < -0.39 is 0 Å². The predicted molar refractivity (Wildman–Crippen MR) is 77.3 cm³/mol. The van der Waals surface area contributed by atoms with Crippen LogP contribution in [-0.4, -0.2) is 26.7 Å². The first kappa shape index (κ1) is 12.0. The Labute approximate surface area is 110 Å². The lowest BCUT2D eigenvalue weighted by Gasteiger charge is -2.23. The minimum Gasteiger partial charge on any atom is -0.370 e. The van der Waals surface area contributed by atoms with Crippen molar-refractivity contribution in [2.75, 3.05) is 31.6 Å². The maximum absolute atomic E-state index is 3.34. The summed E-state index contributed by atoms with van der Waals surface area (Å²) in [6, 6.07) is 8.98. The fraction of sp³-hybridized carbons (Fsp3) is 0.625. The van der Waals surface area contributed by atoms with Gasteiger partial charge in [-0.15, -0.1) is 0 Å². The third-order valence-corrected chi connectivity index (χ3v) is 4.56. The fourth-order valence-electron chi connectivity index (χ4n) is 3.68. The molecule has 2 heteroatoms. The Kier molecular flexibility index (Phi) is 3.55. The Bertz CT molecular complexity index is 396. The van der Waals surface area contributed by atoms with Gasteiger partial charge >= 0.3 is 0 Å². The smallest absolute Gasteiger partial charge is 0.0403 e. The predicted octanol–water partition coefficient (Wildman–Crippen LogP) is 3.00. The van der Waals surface area contributed by atoms with Gasteiger partial charge in [0.05, 0.1) is 0 Å². The standard InChI is InChI=1S/C16H24N2/c1-17-10-14-12-18(11-13-6-2-3-7-13)16-9-5-4-8-15(14)16/h4-5,8-9,13-14,17H,2-3,6-7,10-12H2,1H3. The second-order valence-electron chi connectivity index (χ2n) is 5.87. The van der Waals surface area contributed by atoms with Gasteiger partial charge in [0.2, 0.25) is 0 Å². The SMILES string of the molecule is CNCC1CN(CC2CCCC2)c2ccccc21. The number of anilines is 1. The number of hydrogen-bond donors (Lipinski definition) is 1. The topological polar surface area (TPSA) is 15.3 Å². The van der Waals surface area contributed by atoms with Crippen LogP contribution in [0.1, 0.15) is 37.2 Å². The van der Waals surface area contributed by atoms with Crippen LogP contribution in [-0.2, 0) is 0 Å². The molecule has 2 nitrogen and oxygen atoms in total. The van der Waals surface area contributed by atoms with Crippen LogP contribution in [0.5, 0.6) is 0 Å². The molecule has 0 amide bonds. The second-order valence-corrected chi connectivity index (χ2v) is 5.87. The van der Waals surface area contributed by atoms with Crippen LogP contribution in [0.15, 0.2) is 24.3 Å². The van der Waals surface area contributed by atoms with E-state index in [1.54, 1.807) is 5.56 Å². The molecule has 0 aromatic heterocycles. The molecule has 1 saturated carbocycles. The molecule has 1 aromatic carbocycles. The molecule has 1 unspecified atom stereocenters. The monoisotopic (exact) mass is 244 g/mol. The molecule has 1 heterocycles. The Hall–Kier alpha value is -1.02. The van der Waals surface area contributed by atoms with Crippen molar-refractivity contribution >= 4 is 5.69 Å². The molecular formula is C16H24N2. The zero-order valence-corrected chi connectivity index (χ0v) is 11.4. The lowest BCUT2D eigenvalue weighted by molar-refractivity contribution is 0.525. The van der Waals surface area contributed by atoms with Gasteiger partial charge in [0.25, 0.3) is 0 Å². The van der Waals surface area contributed by atoms with Crippen molar-refractivity contribution in [1.29, 1.82) is 0 Å². The molecule has 0 bridgehead atoms. The van der Waals surface area contributed by atoms with Crippen LogP contribution < -0.4 is 10.2 Å². The first-order valence-corrected chi connectivity index (χ1v) is 7.37. The molecule has 1 atom stereocenters. The highest BCUT2D eigenvalue weighted by atomic mass is 15.2. The van der Waals surface area contributed by atoms with Crippen molar-refractivity contribution in [1.82, 2.24) is 5.32 Å². The Morgan fingerprint density at radius 2 is 2.00 bits per heavy atom. The number of benzene rings is 1. The highest BCUT2D eigenvalue weighted by molar-refractivity contribution is 5.60. The maximum atomic E-state index is 3.34. The van der Waals surface area contributed by atoms with Gasteiger partial charge in [-0.3, -0.25) is 0 Å². The van der Waals surface area contributed by atoms with E-state index in [9.17, 15) is 0 Å². The summed E-state index contributed by atoms with van der Waals surface area (Å²) < 4.78 is 0. The van der Waals surface area contributed by atoms with Gasteiger partial charge in [-0.25, -0.2) is 0 Å². The zero-order valence-electron chi connectivity index (χ0n) is 11.4. The number of nitrogens with zero attached hydrogens (tertiary/aromatic N) is 1. The van der Waals surface area contributed by atoms with Crippen LogP contribution in [0, 0.1) is 5.92 Å². The van der Waals surface area contributed by atoms with E-state index in [4.69, 9.17) is 0 Å². The number of rotatable bonds is 4. The van der Waals surface area contributed by atoms with Gasteiger partial charge < -0.3 is 10.2 Å². The maximum Gasteiger partial charge on any atom is 0.0403 e. The highest BCUT2D eigenvalue weighted by Crippen LogP contribution is 2.37. The molecular weight excluding hydrogens is 220 g/mol. The van der Waals surface area contributed by atoms with Crippen molar-refractivity contribution in [2.24, 2.45) is 5.92 Å². The third kappa shape index (κ3) is 2.26. The number of hydrogen-bond acceptors (Lipinski definition) is 2. The normalized spacial score (nSPS) is 23.6. The summed E-state index contributed by atoms with van der Waals surface area (Å²) >= 11 is 0. The van der Waals surface area contributed by atoms with E-state index in [1.807, 2.05) is 0 Å². The van der Waals surface area contributed by atoms with Crippen LogP contribution in [0.25, 0.3) is 0 Å². The van der Waals surface area contributed by atoms with Crippen molar-refractivity contribution in [3.05, 3.63) is 29.8 Å². The number of likely N-dealkylation sites (N-methyl/N-ethyl adjacent to an activating group) is 1. The lowest BCUT2D eigenvalue weighted by Crippen LogP contribution is -2.29. The average Bonchev–Trinajstić information content (AvgIpc) is 3.00. The molecule has 3 rings (SSSR count). The van der Waals surface area contributed by atoms with E-state index in [2.05, 4.69) is 41.5 Å². The van der Waals surface area contributed by atoms with Gasteiger partial charge in [0, 0.05) is 31.2 Å². The molecule has 1 aromatic rings. The molecule has 98 valence electrons. The van der Waals surface area contributed by atoms with E-state index in [0.717, 1.165) is 12.5 Å². The number of nitrogens with one attached hydrogen (secondary N) is 1. The minimum absolute atomic E-state index is 0.674. The van der Waals surface area contributed by atoms with Crippen LogP contribution in [0.3, 0.4) is 0 Å². The molecule has 1 N–H and O–H groups in total. The minimum atomic E-state index is 0.674. The van der Waals surface area contributed by atoms with E-state index >= 15 is 0 Å². The average molecular weight is 244 g/mol. The van der Waals surface area contributed by atoms with Gasteiger partial charge in [-0.1, -0.05) is 31.0 Å². The van der Waals surface area contributed by atoms with Gasteiger partial charge in [0.15, 0.2) is 0 Å². The molecule has 1 aliphatic heterocycles. The molecule has 1 aliphatic carbocycles. The van der Waals surface area contributed by atoms with Gasteiger partial charge in [-0.05, 0) is 37.4 Å². The van der Waals surface area contributed by atoms with E-state index in [-0.39, 0.29) is 0 Å². The van der Waals surface area contributed by atoms with E-state index in [1.165, 1.54) is 44.5 Å². The summed E-state index contributed by atoms with van der Waals surface area (Å²) in [5, 5.41) is 3.34. The molecule has 18 heavy (non-hydrogen) atoms. The van der Waals surface area contributed by atoms with Crippen molar-refractivity contribution in [3.8, 4) is 0 Å². The van der Waals surface area contributed by atoms with Crippen LogP contribution in [0.4, 0.5) is 5.69 Å². The summed E-state index contributed by atoms with van der Waals surface area (Å²) in [7, 11) is 2.06. The number of para-hydroxylation sites is 1. The lowest BCUT2D eigenvalue weighted by atomic mass is 10.0. The first-order valence-electron chi connectivity index (χ1n) is 7.37. The first-order chi connectivity index (χ1) is 8.88. The van der Waals surface area contributed by atoms with Crippen molar-refractivity contribution < 1.29 is 0 Å². The Morgan fingerprint density at radius 1 is 1.22 bits per heavy atom. The molecule has 0 radical (unpaired) electrons. The third-order valence-electron chi connectivity index (χ3n) is 4.56. The molecule has 1 fully saturated rings. The number of fused-ring (bicyclic) bond motifs is 1. The molecule has 0 spiro atoms. The van der Waals surface area contributed by atoms with Crippen LogP contribution >= 0.6 is 0 Å². The van der Waals surface area contributed by atoms with Crippen molar-refractivity contribution in [2.45, 2.75) is 31.6 Å². The summed E-state index contributed by atoms with van der Waals surface area (Å²) in [4.78, 5) is 2.63. The molecule has 0 saturated heterocycles. The zero-order chi connectivity index (χ0) is 12.4. The van der Waals surface area contributed by atoms with Gasteiger partial charge in [-0.2, -0.15) is 0 Å². The molecule has 2 aliphatic rings. The fourth-order valence-corrected chi connectivity index (χ4v) is 3.68. The quantitative estimate of drug-likeness (QED) is 0.876. The summed E-state index contributed by atoms with van der Waals surface area (Å²) in [6.45, 7) is 3.58. The Morgan fingerprint density at radius 3 is 2.78 bits per heavy atom. The Balaban J connectivity index is 1.76. The van der Waals surface area contributed by atoms with Crippen molar-refractivity contribution in [3.63, 3.8) is 0 Å².